The summed E-state index contributed by atoms with van der Waals surface area (Å²) in [4.78, 5) is 15.2. The molecular weight excluding hydrogens is 218 g/mol. The second kappa shape index (κ2) is 6.68. The summed E-state index contributed by atoms with van der Waals surface area (Å²) < 4.78 is 10.2. The lowest BCUT2D eigenvalue weighted by atomic mass is 10.3. The Hall–Kier alpha value is -1.84. The Labute approximate surface area is 101 Å². The van der Waals surface area contributed by atoms with Crippen LogP contribution in [0.15, 0.2) is 29.3 Å². The van der Waals surface area contributed by atoms with Crippen LogP contribution in [0.5, 0.6) is 5.75 Å². The van der Waals surface area contributed by atoms with Crippen molar-refractivity contribution in [1.82, 2.24) is 0 Å². The van der Waals surface area contributed by atoms with Crippen LogP contribution in [-0.4, -0.2) is 24.9 Å². The molecule has 0 aliphatic heterocycles. The highest BCUT2D eigenvalue weighted by Gasteiger charge is 2.00. The molecule has 1 aromatic carbocycles. The molecule has 17 heavy (non-hydrogen) atoms. The number of hydrogen-bond acceptors (Lipinski definition) is 4. The summed E-state index contributed by atoms with van der Waals surface area (Å²) in [7, 11) is 0. The molecule has 1 aromatic rings. The van der Waals surface area contributed by atoms with Crippen LogP contribution in [0.3, 0.4) is 0 Å². The summed E-state index contributed by atoms with van der Waals surface area (Å²) in [5.41, 5.74) is 0.689. The van der Waals surface area contributed by atoms with E-state index in [1.807, 2.05) is 19.1 Å². The van der Waals surface area contributed by atoms with E-state index in [0.717, 1.165) is 5.75 Å². The molecule has 0 amide bonds. The monoisotopic (exact) mass is 235 g/mol. The second-order valence-electron chi connectivity index (χ2n) is 3.67. The number of hydrogen-bond donors (Lipinski definition) is 0. The zero-order valence-corrected chi connectivity index (χ0v) is 10.3. The maximum Gasteiger partial charge on any atom is 0.349 e. The number of nitrogens with zero attached hydrogens (tertiary/aromatic N) is 1. The fraction of sp³-hybridized carbons (Fsp3) is 0.385. The molecule has 4 heteroatoms. The van der Waals surface area contributed by atoms with Gasteiger partial charge in [0.15, 0.2) is 0 Å². The Kier molecular flexibility index (Phi) is 5.20. The van der Waals surface area contributed by atoms with Crippen molar-refractivity contribution in [1.29, 1.82) is 0 Å². The molecule has 1 rings (SSSR count). The molecule has 0 heterocycles. The molecule has 0 aliphatic rings. The molecule has 0 atom stereocenters. The van der Waals surface area contributed by atoms with Gasteiger partial charge in [-0.25, -0.2) is 9.79 Å². The Morgan fingerprint density at radius 1 is 1.35 bits per heavy atom. The van der Waals surface area contributed by atoms with E-state index in [2.05, 4.69) is 4.99 Å². The van der Waals surface area contributed by atoms with Gasteiger partial charge in [-0.15, -0.1) is 0 Å². The third-order valence-electron chi connectivity index (χ3n) is 1.82. The van der Waals surface area contributed by atoms with Crippen molar-refractivity contribution in [3.63, 3.8) is 0 Å². The lowest BCUT2D eigenvalue weighted by Crippen LogP contribution is -2.11. The molecule has 92 valence electrons. The Bertz CT molecular complexity index is 382. The third kappa shape index (κ3) is 5.15. The lowest BCUT2D eigenvalue weighted by Gasteiger charge is -2.04. The molecule has 0 saturated heterocycles. The van der Waals surface area contributed by atoms with Gasteiger partial charge >= 0.3 is 5.97 Å². The van der Waals surface area contributed by atoms with Gasteiger partial charge in [-0.3, -0.25) is 0 Å². The molecule has 0 aliphatic carbocycles. The molecule has 0 aromatic heterocycles. The first-order valence-corrected chi connectivity index (χ1v) is 5.59. The first-order chi connectivity index (χ1) is 8.11. The summed E-state index contributed by atoms with van der Waals surface area (Å²) in [6.07, 6.45) is 1.05. The van der Waals surface area contributed by atoms with Crippen molar-refractivity contribution in [3.05, 3.63) is 24.3 Å². The normalized spacial score (nSPS) is 10.8. The highest BCUT2D eigenvalue weighted by atomic mass is 16.5. The molecule has 4 nitrogen and oxygen atoms in total. The maximum atomic E-state index is 11.2. The zero-order valence-electron chi connectivity index (χ0n) is 10.3. The van der Waals surface area contributed by atoms with E-state index < -0.39 is 5.97 Å². The summed E-state index contributed by atoms with van der Waals surface area (Å²) in [6.45, 7) is 6.14. The van der Waals surface area contributed by atoms with Crippen LogP contribution in [-0.2, 0) is 9.53 Å². The van der Waals surface area contributed by atoms with E-state index >= 15 is 0 Å². The van der Waals surface area contributed by atoms with Gasteiger partial charge in [0.1, 0.15) is 12.0 Å². The Morgan fingerprint density at radius 2 is 2.00 bits per heavy atom. The first kappa shape index (κ1) is 13.2. The minimum absolute atomic E-state index is 0.130. The molecule has 0 radical (unpaired) electrons. The zero-order chi connectivity index (χ0) is 12.7. The SMILES string of the molecule is CCOc1ccc(N=CC(=O)OC(C)C)cc1. The van der Waals surface area contributed by atoms with Crippen LogP contribution in [0.1, 0.15) is 20.8 Å². The number of rotatable bonds is 5. The van der Waals surface area contributed by atoms with Gasteiger partial charge in [0.05, 0.1) is 18.4 Å². The highest BCUT2D eigenvalue weighted by molar-refractivity contribution is 6.23. The number of aliphatic imine (C=N–C) groups is 1. The van der Waals surface area contributed by atoms with E-state index in [-0.39, 0.29) is 6.10 Å². The van der Waals surface area contributed by atoms with E-state index in [1.54, 1.807) is 26.0 Å². The van der Waals surface area contributed by atoms with Crippen molar-refractivity contribution in [2.75, 3.05) is 6.61 Å². The molecule has 0 N–H and O–H groups in total. The standard InChI is InChI=1S/C13H17NO3/c1-4-16-12-7-5-11(6-8-12)14-9-13(15)17-10(2)3/h5-10H,4H2,1-3H3. The van der Waals surface area contributed by atoms with Crippen molar-refractivity contribution < 1.29 is 14.3 Å². The van der Waals surface area contributed by atoms with E-state index in [0.29, 0.717) is 12.3 Å². The predicted octanol–water partition coefficient (Wildman–Crippen LogP) is 2.74. The average molecular weight is 235 g/mol. The van der Waals surface area contributed by atoms with Crippen molar-refractivity contribution in [2.45, 2.75) is 26.9 Å². The number of carbonyl (C=O) groups is 1. The van der Waals surface area contributed by atoms with Crippen LogP contribution >= 0.6 is 0 Å². The Morgan fingerprint density at radius 3 is 2.53 bits per heavy atom. The number of esters is 1. The predicted molar refractivity (Wildman–Crippen MR) is 67.0 cm³/mol. The van der Waals surface area contributed by atoms with E-state index in [9.17, 15) is 4.79 Å². The van der Waals surface area contributed by atoms with Gasteiger partial charge < -0.3 is 9.47 Å². The third-order valence-corrected chi connectivity index (χ3v) is 1.82. The highest BCUT2D eigenvalue weighted by Crippen LogP contribution is 2.17. The van der Waals surface area contributed by atoms with Crippen molar-refractivity contribution >= 4 is 17.9 Å². The van der Waals surface area contributed by atoms with E-state index in [1.165, 1.54) is 6.21 Å². The van der Waals surface area contributed by atoms with Gasteiger partial charge in [0.2, 0.25) is 0 Å². The lowest BCUT2D eigenvalue weighted by molar-refractivity contribution is -0.138. The van der Waals surface area contributed by atoms with Crippen LogP contribution in [0.4, 0.5) is 5.69 Å². The number of benzene rings is 1. The maximum absolute atomic E-state index is 11.2. The average Bonchev–Trinajstić information content (AvgIpc) is 2.28. The fourth-order valence-electron chi connectivity index (χ4n) is 1.19. The van der Waals surface area contributed by atoms with Crippen LogP contribution in [0, 0.1) is 0 Å². The molecule has 0 fully saturated rings. The van der Waals surface area contributed by atoms with Gasteiger partial charge in [0, 0.05) is 0 Å². The van der Waals surface area contributed by atoms with Gasteiger partial charge in [-0.1, -0.05) is 0 Å². The quantitative estimate of drug-likeness (QED) is 0.582. The molecule has 0 spiro atoms. The summed E-state index contributed by atoms with van der Waals surface area (Å²) >= 11 is 0. The topological polar surface area (TPSA) is 47.9 Å². The summed E-state index contributed by atoms with van der Waals surface area (Å²) in [5.74, 6) is 0.352. The molecule has 0 saturated carbocycles. The second-order valence-corrected chi connectivity index (χ2v) is 3.67. The largest absolute Gasteiger partial charge is 0.494 e. The van der Waals surface area contributed by atoms with E-state index in [4.69, 9.17) is 9.47 Å². The Balaban J connectivity index is 2.56. The number of carbonyl (C=O) groups excluding carboxylic acids is 1. The molecule has 0 unspecified atom stereocenters. The van der Waals surface area contributed by atoms with Crippen LogP contribution < -0.4 is 4.74 Å². The number of ether oxygens (including phenoxy) is 2. The summed E-state index contributed by atoms with van der Waals surface area (Å²) in [5, 5.41) is 0. The minimum Gasteiger partial charge on any atom is -0.494 e. The fourth-order valence-corrected chi connectivity index (χ4v) is 1.19. The first-order valence-electron chi connectivity index (χ1n) is 5.59. The summed E-state index contributed by atoms with van der Waals surface area (Å²) in [6, 6.07) is 7.18. The van der Waals surface area contributed by atoms with Crippen molar-refractivity contribution in [3.8, 4) is 5.75 Å². The van der Waals surface area contributed by atoms with Gasteiger partial charge in [-0.05, 0) is 45.0 Å². The molecule has 0 bridgehead atoms. The van der Waals surface area contributed by atoms with Crippen molar-refractivity contribution in [2.24, 2.45) is 4.99 Å². The minimum atomic E-state index is -0.436. The van der Waals surface area contributed by atoms with Gasteiger partial charge in [0.25, 0.3) is 0 Å². The van der Waals surface area contributed by atoms with Gasteiger partial charge in [-0.2, -0.15) is 0 Å². The smallest absolute Gasteiger partial charge is 0.349 e. The van der Waals surface area contributed by atoms with Crippen LogP contribution in [0.2, 0.25) is 0 Å². The molecular formula is C13H17NO3. The van der Waals surface area contributed by atoms with Crippen LogP contribution in [0.25, 0.3) is 0 Å².